The molecule has 0 spiro atoms. The van der Waals surface area contributed by atoms with Gasteiger partial charge in [0.25, 0.3) is 0 Å². The molecule has 7 nitrogen and oxygen atoms in total. The minimum absolute atomic E-state index is 0.205. The van der Waals surface area contributed by atoms with Gasteiger partial charge in [-0.1, -0.05) is 13.8 Å². The normalized spacial score (nSPS) is 12.5. The SMILES string of the molecule is COCCN(C)CCNC(=O)N[C@H](CC(C)C)C(=O)O. The Morgan fingerprint density at radius 3 is 2.45 bits per heavy atom. The van der Waals surface area contributed by atoms with Crippen molar-refractivity contribution < 1.29 is 19.4 Å². The fourth-order valence-corrected chi connectivity index (χ4v) is 1.62. The van der Waals surface area contributed by atoms with Crippen LogP contribution in [0.15, 0.2) is 0 Å². The Hall–Kier alpha value is -1.34. The molecule has 3 N–H and O–H groups in total. The monoisotopic (exact) mass is 289 g/mol. The average Bonchev–Trinajstić information content (AvgIpc) is 2.34. The molecule has 0 heterocycles. The summed E-state index contributed by atoms with van der Waals surface area (Å²) in [6.45, 7) is 6.39. The Kier molecular flexibility index (Phi) is 9.75. The molecule has 0 aromatic heterocycles. The lowest BCUT2D eigenvalue weighted by molar-refractivity contribution is -0.139. The van der Waals surface area contributed by atoms with Gasteiger partial charge in [-0.25, -0.2) is 9.59 Å². The van der Waals surface area contributed by atoms with Crippen molar-refractivity contribution in [2.75, 3.05) is 40.4 Å². The van der Waals surface area contributed by atoms with Crippen LogP contribution in [0.1, 0.15) is 20.3 Å². The smallest absolute Gasteiger partial charge is 0.326 e. The highest BCUT2D eigenvalue weighted by Crippen LogP contribution is 2.04. The number of carbonyl (C=O) groups is 2. The second-order valence-corrected chi connectivity index (χ2v) is 5.22. The van der Waals surface area contributed by atoms with Crippen molar-refractivity contribution in [1.29, 1.82) is 0 Å². The highest BCUT2D eigenvalue weighted by atomic mass is 16.5. The number of aliphatic carboxylic acids is 1. The van der Waals surface area contributed by atoms with Crippen molar-refractivity contribution in [3.63, 3.8) is 0 Å². The number of amides is 2. The van der Waals surface area contributed by atoms with Crippen molar-refractivity contribution in [2.24, 2.45) is 5.92 Å². The molecule has 0 bridgehead atoms. The zero-order chi connectivity index (χ0) is 15.5. The maximum absolute atomic E-state index is 11.6. The predicted molar refractivity (Wildman–Crippen MR) is 76.8 cm³/mol. The average molecular weight is 289 g/mol. The molecule has 7 heteroatoms. The first-order valence-electron chi connectivity index (χ1n) is 6.81. The number of nitrogens with zero attached hydrogens (tertiary/aromatic N) is 1. The van der Waals surface area contributed by atoms with Crippen molar-refractivity contribution in [1.82, 2.24) is 15.5 Å². The molecule has 2 amide bonds. The Morgan fingerprint density at radius 1 is 1.30 bits per heavy atom. The lowest BCUT2D eigenvalue weighted by Gasteiger charge is -2.19. The van der Waals surface area contributed by atoms with Crippen LogP contribution in [-0.2, 0) is 9.53 Å². The quantitative estimate of drug-likeness (QED) is 0.540. The van der Waals surface area contributed by atoms with Gasteiger partial charge in [0.15, 0.2) is 0 Å². The summed E-state index contributed by atoms with van der Waals surface area (Å²) in [4.78, 5) is 24.6. The van der Waals surface area contributed by atoms with Crippen LogP contribution in [-0.4, -0.2) is 68.4 Å². The van der Waals surface area contributed by atoms with Crippen LogP contribution >= 0.6 is 0 Å². The fourth-order valence-electron chi connectivity index (χ4n) is 1.62. The molecule has 20 heavy (non-hydrogen) atoms. The van der Waals surface area contributed by atoms with Crippen LogP contribution in [0.2, 0.25) is 0 Å². The number of rotatable bonds is 10. The lowest BCUT2D eigenvalue weighted by Crippen LogP contribution is -2.48. The van der Waals surface area contributed by atoms with E-state index in [1.807, 2.05) is 25.8 Å². The third-order valence-electron chi connectivity index (χ3n) is 2.77. The van der Waals surface area contributed by atoms with E-state index >= 15 is 0 Å². The van der Waals surface area contributed by atoms with Crippen LogP contribution in [0.5, 0.6) is 0 Å². The predicted octanol–water partition coefficient (Wildman–Crippen LogP) is 0.363. The van der Waals surface area contributed by atoms with E-state index in [-0.39, 0.29) is 5.92 Å². The summed E-state index contributed by atoms with van der Waals surface area (Å²) >= 11 is 0. The van der Waals surface area contributed by atoms with E-state index in [2.05, 4.69) is 10.6 Å². The number of carboxylic acid groups (broad SMARTS) is 1. The molecule has 1 atom stereocenters. The first-order valence-corrected chi connectivity index (χ1v) is 6.81. The zero-order valence-electron chi connectivity index (χ0n) is 12.8. The standard InChI is InChI=1S/C13H27N3O4/c1-10(2)9-11(12(17)18)15-13(19)14-5-6-16(3)7-8-20-4/h10-11H,5-9H2,1-4H3,(H,17,18)(H2,14,15,19)/t11-/m1/s1. The summed E-state index contributed by atoms with van der Waals surface area (Å²) in [5.74, 6) is -0.803. The number of ether oxygens (including phenoxy) is 1. The van der Waals surface area contributed by atoms with Crippen molar-refractivity contribution in [3.8, 4) is 0 Å². The van der Waals surface area contributed by atoms with E-state index < -0.39 is 18.0 Å². The van der Waals surface area contributed by atoms with Crippen molar-refractivity contribution in [3.05, 3.63) is 0 Å². The van der Waals surface area contributed by atoms with E-state index in [0.29, 0.717) is 26.1 Å². The molecule has 0 saturated carbocycles. The molecule has 0 aliphatic carbocycles. The molecule has 0 radical (unpaired) electrons. The number of urea groups is 1. The second kappa shape index (κ2) is 10.4. The highest BCUT2D eigenvalue weighted by molar-refractivity contribution is 5.82. The van der Waals surface area contributed by atoms with Gasteiger partial charge < -0.3 is 25.4 Å². The largest absolute Gasteiger partial charge is 0.480 e. The molecule has 0 fully saturated rings. The van der Waals surface area contributed by atoms with Crippen LogP contribution in [0.25, 0.3) is 0 Å². The zero-order valence-corrected chi connectivity index (χ0v) is 12.8. The maximum atomic E-state index is 11.6. The summed E-state index contributed by atoms with van der Waals surface area (Å²) in [5.41, 5.74) is 0. The fraction of sp³-hybridized carbons (Fsp3) is 0.846. The Labute approximate surface area is 120 Å². The first-order chi connectivity index (χ1) is 9.36. The van der Waals surface area contributed by atoms with Gasteiger partial charge in [0.05, 0.1) is 6.61 Å². The first kappa shape index (κ1) is 18.7. The van der Waals surface area contributed by atoms with Gasteiger partial charge in [-0.05, 0) is 19.4 Å². The maximum Gasteiger partial charge on any atom is 0.326 e. The molecule has 0 aromatic rings. The Balaban J connectivity index is 3.93. The minimum Gasteiger partial charge on any atom is -0.480 e. The molecule has 0 aliphatic rings. The molecule has 0 aromatic carbocycles. The van der Waals surface area contributed by atoms with Crippen LogP contribution in [0, 0.1) is 5.92 Å². The summed E-state index contributed by atoms with van der Waals surface area (Å²) in [5, 5.41) is 14.1. The van der Waals surface area contributed by atoms with E-state index in [4.69, 9.17) is 9.84 Å². The van der Waals surface area contributed by atoms with Gasteiger partial charge in [0.2, 0.25) is 0 Å². The topological polar surface area (TPSA) is 90.9 Å². The molecule has 0 aliphatic heterocycles. The minimum atomic E-state index is -1.01. The van der Waals surface area contributed by atoms with Crippen LogP contribution in [0.3, 0.4) is 0 Å². The van der Waals surface area contributed by atoms with Crippen molar-refractivity contribution in [2.45, 2.75) is 26.3 Å². The van der Waals surface area contributed by atoms with Gasteiger partial charge in [-0.3, -0.25) is 0 Å². The highest BCUT2D eigenvalue weighted by Gasteiger charge is 2.20. The summed E-state index contributed by atoms with van der Waals surface area (Å²) in [6.07, 6.45) is 0.413. The number of carboxylic acids is 1. The number of nitrogens with one attached hydrogen (secondary N) is 2. The Morgan fingerprint density at radius 2 is 1.95 bits per heavy atom. The molecule has 0 saturated heterocycles. The number of hydrogen-bond donors (Lipinski definition) is 3. The lowest BCUT2D eigenvalue weighted by atomic mass is 10.0. The third kappa shape index (κ3) is 9.57. The van der Waals surface area contributed by atoms with E-state index in [1.165, 1.54) is 0 Å². The summed E-state index contributed by atoms with van der Waals surface area (Å²) in [6, 6.07) is -1.29. The van der Waals surface area contributed by atoms with Gasteiger partial charge >= 0.3 is 12.0 Å². The Bertz CT molecular complexity index is 297. The van der Waals surface area contributed by atoms with Crippen LogP contribution in [0.4, 0.5) is 4.79 Å². The van der Waals surface area contributed by atoms with Crippen LogP contribution < -0.4 is 10.6 Å². The third-order valence-corrected chi connectivity index (χ3v) is 2.77. The van der Waals surface area contributed by atoms with E-state index in [1.54, 1.807) is 7.11 Å². The van der Waals surface area contributed by atoms with Gasteiger partial charge in [0.1, 0.15) is 6.04 Å². The molecular formula is C13H27N3O4. The van der Waals surface area contributed by atoms with Gasteiger partial charge in [-0.2, -0.15) is 0 Å². The number of carbonyl (C=O) groups excluding carboxylic acids is 1. The summed E-state index contributed by atoms with van der Waals surface area (Å²) < 4.78 is 4.95. The molecule has 118 valence electrons. The van der Waals surface area contributed by atoms with Crippen molar-refractivity contribution >= 4 is 12.0 Å². The number of hydrogen-bond acceptors (Lipinski definition) is 4. The second-order valence-electron chi connectivity index (χ2n) is 5.22. The number of likely N-dealkylation sites (N-methyl/N-ethyl adjacent to an activating group) is 1. The van der Waals surface area contributed by atoms with Gasteiger partial charge in [0, 0.05) is 26.7 Å². The molecule has 0 unspecified atom stereocenters. The molecule has 0 rings (SSSR count). The molecular weight excluding hydrogens is 262 g/mol. The van der Waals surface area contributed by atoms with E-state index in [9.17, 15) is 9.59 Å². The van der Waals surface area contributed by atoms with Gasteiger partial charge in [-0.15, -0.1) is 0 Å². The number of methoxy groups -OCH3 is 1. The summed E-state index contributed by atoms with van der Waals surface area (Å²) in [7, 11) is 3.57. The van der Waals surface area contributed by atoms with E-state index in [0.717, 1.165) is 6.54 Å².